The lowest BCUT2D eigenvalue weighted by atomic mass is 9.89. The van der Waals surface area contributed by atoms with Crippen molar-refractivity contribution in [2.45, 2.75) is 24.5 Å². The number of β-lactam (4-membered cyclic amide) rings is 1. The molecular formula is C7H12N2O4. The average Bonchev–Trinajstić information content (AvgIpc) is 2.10. The highest BCUT2D eigenvalue weighted by molar-refractivity contribution is 5.91. The summed E-state index contributed by atoms with van der Waals surface area (Å²) < 4.78 is 0. The molecule has 0 radical (unpaired) electrons. The number of β-amino-alcohol motifs (C(OH)–C–C–N with tert-alkyl or cyclic N) is 1. The zero-order valence-electron chi connectivity index (χ0n) is 6.99. The van der Waals surface area contributed by atoms with Crippen LogP contribution in [0.5, 0.6) is 0 Å². The van der Waals surface area contributed by atoms with E-state index < -0.39 is 23.5 Å². The van der Waals surface area contributed by atoms with Crippen LogP contribution in [0.4, 0.5) is 0 Å². The zero-order valence-corrected chi connectivity index (χ0v) is 6.99. The summed E-state index contributed by atoms with van der Waals surface area (Å²) in [6.45, 7) is 0.179. The SMILES string of the molecule is N[C@@H](CC[C@@]1(O)CNC1=O)C(=O)O. The van der Waals surface area contributed by atoms with Gasteiger partial charge in [0.1, 0.15) is 6.04 Å². The lowest BCUT2D eigenvalue weighted by molar-refractivity contribution is -0.153. The molecule has 0 aliphatic carbocycles. The van der Waals surface area contributed by atoms with E-state index >= 15 is 0 Å². The Bertz CT molecular complexity index is 243. The summed E-state index contributed by atoms with van der Waals surface area (Å²) in [6, 6.07) is -1.02. The molecule has 0 bridgehead atoms. The van der Waals surface area contributed by atoms with Gasteiger partial charge in [-0.25, -0.2) is 0 Å². The maximum atomic E-state index is 10.8. The molecule has 6 nitrogen and oxygen atoms in total. The van der Waals surface area contributed by atoms with Gasteiger partial charge in [-0.3, -0.25) is 9.59 Å². The molecule has 0 saturated carbocycles. The Kier molecular flexibility index (Phi) is 2.53. The first-order chi connectivity index (χ1) is 5.96. The van der Waals surface area contributed by atoms with Crippen LogP contribution >= 0.6 is 0 Å². The number of carboxylic acids is 1. The molecule has 5 N–H and O–H groups in total. The van der Waals surface area contributed by atoms with Gasteiger partial charge in [-0.05, 0) is 12.8 Å². The van der Waals surface area contributed by atoms with Gasteiger partial charge in [0.15, 0.2) is 5.60 Å². The normalized spacial score (nSPS) is 28.9. The summed E-state index contributed by atoms with van der Waals surface area (Å²) in [5.74, 6) is -1.58. The van der Waals surface area contributed by atoms with E-state index in [1.165, 1.54) is 0 Å². The molecule has 6 heteroatoms. The largest absolute Gasteiger partial charge is 0.480 e. The zero-order chi connectivity index (χ0) is 10.1. The first kappa shape index (κ1) is 9.94. The van der Waals surface area contributed by atoms with Gasteiger partial charge < -0.3 is 21.3 Å². The number of hydrogen-bond acceptors (Lipinski definition) is 4. The maximum Gasteiger partial charge on any atom is 0.320 e. The third-order valence-electron chi connectivity index (χ3n) is 2.15. The fraction of sp³-hybridized carbons (Fsp3) is 0.714. The van der Waals surface area contributed by atoms with E-state index in [2.05, 4.69) is 5.32 Å². The summed E-state index contributed by atoms with van der Waals surface area (Å²) in [5, 5.41) is 20.3. The predicted molar refractivity (Wildman–Crippen MR) is 42.8 cm³/mol. The fourth-order valence-electron chi connectivity index (χ4n) is 1.08. The molecule has 0 aromatic carbocycles. The minimum absolute atomic E-state index is 0.0896. The number of rotatable bonds is 4. The van der Waals surface area contributed by atoms with Crippen LogP contribution in [0.1, 0.15) is 12.8 Å². The smallest absolute Gasteiger partial charge is 0.320 e. The van der Waals surface area contributed by atoms with E-state index in [1.54, 1.807) is 0 Å². The van der Waals surface area contributed by atoms with Crippen molar-refractivity contribution in [1.29, 1.82) is 0 Å². The minimum Gasteiger partial charge on any atom is -0.480 e. The first-order valence-corrected chi connectivity index (χ1v) is 3.95. The van der Waals surface area contributed by atoms with Gasteiger partial charge in [0.2, 0.25) is 0 Å². The molecule has 0 aromatic heterocycles. The van der Waals surface area contributed by atoms with E-state index in [9.17, 15) is 14.7 Å². The Balaban J connectivity index is 2.34. The third-order valence-corrected chi connectivity index (χ3v) is 2.15. The Morgan fingerprint density at radius 2 is 2.38 bits per heavy atom. The molecule has 1 fully saturated rings. The van der Waals surface area contributed by atoms with Crippen LogP contribution in [-0.2, 0) is 9.59 Å². The highest BCUT2D eigenvalue weighted by Gasteiger charge is 2.44. The van der Waals surface area contributed by atoms with Gasteiger partial charge in [-0.2, -0.15) is 0 Å². The summed E-state index contributed by atoms with van der Waals surface area (Å²) in [6.07, 6.45) is 0.186. The van der Waals surface area contributed by atoms with Crippen LogP contribution < -0.4 is 11.1 Å². The Morgan fingerprint density at radius 1 is 1.77 bits per heavy atom. The van der Waals surface area contributed by atoms with Crippen molar-refractivity contribution in [1.82, 2.24) is 5.32 Å². The molecule has 74 valence electrons. The topological polar surface area (TPSA) is 113 Å². The molecule has 1 saturated heterocycles. The fourth-order valence-corrected chi connectivity index (χ4v) is 1.08. The van der Waals surface area contributed by atoms with Crippen LogP contribution in [0.3, 0.4) is 0 Å². The van der Waals surface area contributed by atoms with Crippen molar-refractivity contribution in [2.24, 2.45) is 5.73 Å². The van der Waals surface area contributed by atoms with Crippen molar-refractivity contribution in [3.8, 4) is 0 Å². The number of nitrogens with two attached hydrogens (primary N) is 1. The van der Waals surface area contributed by atoms with Crippen LogP contribution in [0.25, 0.3) is 0 Å². The van der Waals surface area contributed by atoms with Crippen molar-refractivity contribution >= 4 is 11.9 Å². The molecule has 1 aliphatic rings. The molecule has 0 unspecified atom stereocenters. The highest BCUT2D eigenvalue weighted by Crippen LogP contribution is 2.19. The van der Waals surface area contributed by atoms with Crippen molar-refractivity contribution in [3.05, 3.63) is 0 Å². The lowest BCUT2D eigenvalue weighted by Gasteiger charge is -2.36. The number of carbonyl (C=O) groups excluding carboxylic acids is 1. The molecule has 13 heavy (non-hydrogen) atoms. The maximum absolute atomic E-state index is 10.8. The number of amides is 1. The minimum atomic E-state index is -1.40. The molecule has 0 aromatic rings. The number of carboxylic acid groups (broad SMARTS) is 1. The van der Waals surface area contributed by atoms with E-state index in [4.69, 9.17) is 10.8 Å². The van der Waals surface area contributed by atoms with Crippen LogP contribution in [-0.4, -0.2) is 40.3 Å². The lowest BCUT2D eigenvalue weighted by Crippen LogP contribution is -2.65. The second kappa shape index (κ2) is 3.31. The standard InChI is InChI=1S/C7H12N2O4/c8-4(5(10)11)1-2-7(13)3-9-6(7)12/h4,13H,1-3,8H2,(H,9,12)(H,10,11)/t4-,7+/m0/s1. The molecule has 1 heterocycles. The number of hydrogen-bond donors (Lipinski definition) is 4. The van der Waals surface area contributed by atoms with Crippen molar-refractivity contribution < 1.29 is 19.8 Å². The molecule has 0 spiro atoms. The molecule has 1 aliphatic heterocycles. The van der Waals surface area contributed by atoms with Gasteiger partial charge in [0, 0.05) is 0 Å². The monoisotopic (exact) mass is 188 g/mol. The Morgan fingerprint density at radius 3 is 2.69 bits per heavy atom. The third kappa shape index (κ3) is 1.96. The van der Waals surface area contributed by atoms with Gasteiger partial charge in [0.25, 0.3) is 5.91 Å². The van der Waals surface area contributed by atoms with Crippen molar-refractivity contribution in [2.75, 3.05) is 6.54 Å². The number of aliphatic carboxylic acids is 1. The molecule has 2 atom stereocenters. The van der Waals surface area contributed by atoms with Gasteiger partial charge >= 0.3 is 5.97 Å². The second-order valence-electron chi connectivity index (χ2n) is 3.20. The number of carbonyl (C=O) groups is 2. The summed E-state index contributed by atoms with van der Waals surface area (Å²) in [7, 11) is 0. The summed E-state index contributed by atoms with van der Waals surface area (Å²) in [4.78, 5) is 21.1. The summed E-state index contributed by atoms with van der Waals surface area (Å²) >= 11 is 0. The quantitative estimate of drug-likeness (QED) is 0.383. The number of nitrogens with one attached hydrogen (secondary N) is 1. The molecular weight excluding hydrogens is 176 g/mol. The first-order valence-electron chi connectivity index (χ1n) is 3.95. The van der Waals surface area contributed by atoms with Gasteiger partial charge in [-0.1, -0.05) is 0 Å². The van der Waals surface area contributed by atoms with E-state index in [0.29, 0.717) is 0 Å². The summed E-state index contributed by atoms with van der Waals surface area (Å²) in [5.41, 5.74) is 3.81. The second-order valence-corrected chi connectivity index (χ2v) is 3.20. The highest BCUT2D eigenvalue weighted by atomic mass is 16.4. The predicted octanol–water partition coefficient (Wildman–Crippen LogP) is -1.96. The molecule has 1 amide bonds. The Labute approximate surface area is 74.7 Å². The van der Waals surface area contributed by atoms with Crippen molar-refractivity contribution in [3.63, 3.8) is 0 Å². The van der Waals surface area contributed by atoms with E-state index in [1.807, 2.05) is 0 Å². The van der Waals surface area contributed by atoms with E-state index in [0.717, 1.165) is 0 Å². The average molecular weight is 188 g/mol. The number of aliphatic hydroxyl groups is 1. The Hall–Kier alpha value is -1.14. The van der Waals surface area contributed by atoms with Crippen LogP contribution in [0.15, 0.2) is 0 Å². The van der Waals surface area contributed by atoms with E-state index in [-0.39, 0.29) is 19.4 Å². The van der Waals surface area contributed by atoms with Crippen LogP contribution in [0, 0.1) is 0 Å². The molecule has 1 rings (SSSR count). The van der Waals surface area contributed by atoms with Gasteiger partial charge in [0.05, 0.1) is 6.54 Å². The van der Waals surface area contributed by atoms with Crippen LogP contribution in [0.2, 0.25) is 0 Å². The van der Waals surface area contributed by atoms with Gasteiger partial charge in [-0.15, -0.1) is 0 Å².